The van der Waals surface area contributed by atoms with Gasteiger partial charge >= 0.3 is 0 Å². The monoisotopic (exact) mass is 346 g/mol. The van der Waals surface area contributed by atoms with Crippen LogP contribution in [0.4, 0.5) is 0 Å². The fourth-order valence-corrected chi connectivity index (χ4v) is 2.84. The lowest BCUT2D eigenvalue weighted by Gasteiger charge is -2.34. The molecule has 0 radical (unpaired) electrons. The summed E-state index contributed by atoms with van der Waals surface area (Å²) in [6, 6.07) is 3.26. The van der Waals surface area contributed by atoms with Gasteiger partial charge in [-0.05, 0) is 26.0 Å². The maximum Gasteiger partial charge on any atom is 0.237 e. The molecule has 0 aromatic carbocycles. The predicted octanol–water partition coefficient (Wildman–Crippen LogP) is 0.0214. The summed E-state index contributed by atoms with van der Waals surface area (Å²) in [4.78, 5) is 30.6. The van der Waals surface area contributed by atoms with Crippen molar-refractivity contribution in [2.45, 2.75) is 39.4 Å². The van der Waals surface area contributed by atoms with Crippen LogP contribution in [0, 0.1) is 13.8 Å². The van der Waals surface area contributed by atoms with E-state index in [1.54, 1.807) is 6.92 Å². The summed E-state index contributed by atoms with van der Waals surface area (Å²) >= 11 is 0. The van der Waals surface area contributed by atoms with Crippen molar-refractivity contribution in [2.24, 2.45) is 0 Å². The number of piperazine rings is 1. The van der Waals surface area contributed by atoms with Crippen LogP contribution < -0.4 is 10.6 Å². The van der Waals surface area contributed by atoms with Crippen LogP contribution in [0.2, 0.25) is 0 Å². The van der Waals surface area contributed by atoms with Crippen LogP contribution in [0.25, 0.3) is 0 Å². The first-order valence-electron chi connectivity index (χ1n) is 8.23. The van der Waals surface area contributed by atoms with Crippen LogP contribution in [-0.4, -0.2) is 51.0 Å². The minimum Gasteiger partial charge on any atom is -0.465 e. The highest BCUT2D eigenvalue weighted by Crippen LogP contribution is 2.15. The van der Waals surface area contributed by atoms with Gasteiger partial charge in [-0.2, -0.15) is 5.10 Å². The fraction of sp³-hybridized carbons (Fsp3) is 0.500. The molecule has 1 saturated heterocycles. The zero-order valence-electron chi connectivity index (χ0n) is 14.3. The summed E-state index contributed by atoms with van der Waals surface area (Å²) in [5.41, 5.74) is 0. The molecule has 0 spiro atoms. The molecule has 0 saturated carbocycles. The topological polar surface area (TPSA) is 116 Å². The normalized spacial score (nSPS) is 18.2. The number of furan rings is 1. The minimum atomic E-state index is -0.520. The number of H-pyrrole nitrogens is 1. The second kappa shape index (κ2) is 7.47. The molecular formula is C16H22N6O3. The number of carbonyl (C=O) groups is 2. The van der Waals surface area contributed by atoms with Gasteiger partial charge in [0.2, 0.25) is 11.8 Å². The lowest BCUT2D eigenvalue weighted by Crippen LogP contribution is -2.56. The summed E-state index contributed by atoms with van der Waals surface area (Å²) in [7, 11) is 0. The molecule has 9 nitrogen and oxygen atoms in total. The summed E-state index contributed by atoms with van der Waals surface area (Å²) in [5, 5.41) is 12.3. The summed E-state index contributed by atoms with van der Waals surface area (Å²) in [6.07, 6.45) is 0.0783. The van der Waals surface area contributed by atoms with Crippen molar-refractivity contribution in [3.05, 3.63) is 35.3 Å². The molecule has 25 heavy (non-hydrogen) atoms. The average molecular weight is 346 g/mol. The first-order chi connectivity index (χ1) is 12.0. The Balaban J connectivity index is 1.58. The quantitative estimate of drug-likeness (QED) is 0.679. The molecule has 1 unspecified atom stereocenters. The number of rotatable bonds is 6. The van der Waals surface area contributed by atoms with Crippen molar-refractivity contribution in [1.82, 2.24) is 30.7 Å². The van der Waals surface area contributed by atoms with Crippen molar-refractivity contribution in [3.8, 4) is 0 Å². The number of aromatic amines is 1. The van der Waals surface area contributed by atoms with E-state index in [0.717, 1.165) is 11.5 Å². The van der Waals surface area contributed by atoms with Gasteiger partial charge in [0.25, 0.3) is 0 Å². The molecule has 1 aliphatic rings. The van der Waals surface area contributed by atoms with E-state index in [1.165, 1.54) is 0 Å². The minimum absolute atomic E-state index is 0.0783. The predicted molar refractivity (Wildman–Crippen MR) is 88.2 cm³/mol. The molecule has 3 heterocycles. The molecule has 2 aromatic rings. The number of aryl methyl sites for hydroxylation is 2. The standard InChI is InChI=1S/C16H22N6O3/c1-10-3-4-12(25-10)9-22-6-5-17-16(24)13(22)7-15(23)18-8-14-19-11(2)20-21-14/h3-4,13H,5-9H2,1-2H3,(H,17,24)(H,18,23)(H,19,20,21). The van der Waals surface area contributed by atoms with E-state index in [9.17, 15) is 9.59 Å². The Bertz CT molecular complexity index is 753. The molecule has 1 atom stereocenters. The lowest BCUT2D eigenvalue weighted by molar-refractivity contribution is -0.134. The molecule has 2 amide bonds. The maximum absolute atomic E-state index is 12.2. The largest absolute Gasteiger partial charge is 0.465 e. The Hall–Kier alpha value is -2.68. The third-order valence-electron chi connectivity index (χ3n) is 4.06. The van der Waals surface area contributed by atoms with Crippen LogP contribution in [0.15, 0.2) is 16.5 Å². The number of nitrogens with one attached hydrogen (secondary N) is 3. The Morgan fingerprint density at radius 3 is 2.96 bits per heavy atom. The highest BCUT2D eigenvalue weighted by molar-refractivity contribution is 5.88. The van der Waals surface area contributed by atoms with E-state index in [1.807, 2.05) is 24.0 Å². The molecule has 1 aliphatic heterocycles. The van der Waals surface area contributed by atoms with E-state index >= 15 is 0 Å². The Kier molecular flexibility index (Phi) is 5.13. The Labute approximate surface area is 145 Å². The highest BCUT2D eigenvalue weighted by atomic mass is 16.3. The molecule has 0 aliphatic carbocycles. The van der Waals surface area contributed by atoms with E-state index in [4.69, 9.17) is 4.42 Å². The van der Waals surface area contributed by atoms with Crippen molar-refractivity contribution in [2.75, 3.05) is 13.1 Å². The Morgan fingerprint density at radius 1 is 1.44 bits per heavy atom. The van der Waals surface area contributed by atoms with Gasteiger partial charge in [-0.15, -0.1) is 0 Å². The summed E-state index contributed by atoms with van der Waals surface area (Å²) < 4.78 is 5.59. The summed E-state index contributed by atoms with van der Waals surface area (Å²) in [6.45, 7) is 5.63. The highest BCUT2D eigenvalue weighted by Gasteiger charge is 2.32. The lowest BCUT2D eigenvalue weighted by atomic mass is 10.1. The van der Waals surface area contributed by atoms with E-state index in [0.29, 0.717) is 31.3 Å². The third kappa shape index (κ3) is 4.44. The van der Waals surface area contributed by atoms with Crippen LogP contribution >= 0.6 is 0 Å². The fourth-order valence-electron chi connectivity index (χ4n) is 2.84. The molecule has 2 aromatic heterocycles. The molecule has 3 rings (SSSR count). The van der Waals surface area contributed by atoms with Crippen molar-refractivity contribution in [1.29, 1.82) is 0 Å². The molecule has 9 heteroatoms. The number of aromatic nitrogens is 3. The van der Waals surface area contributed by atoms with Gasteiger partial charge in [-0.25, -0.2) is 4.98 Å². The van der Waals surface area contributed by atoms with Gasteiger partial charge in [0, 0.05) is 13.1 Å². The molecular weight excluding hydrogens is 324 g/mol. The van der Waals surface area contributed by atoms with Crippen molar-refractivity contribution in [3.63, 3.8) is 0 Å². The molecule has 3 N–H and O–H groups in total. The number of amides is 2. The molecule has 1 fully saturated rings. The van der Waals surface area contributed by atoms with Gasteiger partial charge in [0.15, 0.2) is 5.82 Å². The number of carbonyl (C=O) groups excluding carboxylic acids is 2. The van der Waals surface area contributed by atoms with Crippen molar-refractivity contribution >= 4 is 11.8 Å². The van der Waals surface area contributed by atoms with Gasteiger partial charge < -0.3 is 15.1 Å². The SMILES string of the molecule is Cc1nc(CNC(=O)CC2C(=O)NCCN2Cc2ccc(C)o2)n[nH]1. The Morgan fingerprint density at radius 2 is 2.28 bits per heavy atom. The first-order valence-corrected chi connectivity index (χ1v) is 8.23. The van der Waals surface area contributed by atoms with Gasteiger partial charge in [0.05, 0.1) is 25.6 Å². The number of nitrogens with zero attached hydrogens (tertiary/aromatic N) is 3. The van der Waals surface area contributed by atoms with Crippen molar-refractivity contribution < 1.29 is 14.0 Å². The zero-order valence-corrected chi connectivity index (χ0v) is 14.3. The zero-order chi connectivity index (χ0) is 17.8. The molecule has 0 bridgehead atoms. The van der Waals surface area contributed by atoms with Crippen LogP contribution in [0.5, 0.6) is 0 Å². The van der Waals surface area contributed by atoms with E-state index in [2.05, 4.69) is 25.8 Å². The van der Waals surface area contributed by atoms with E-state index in [-0.39, 0.29) is 24.8 Å². The second-order valence-corrected chi connectivity index (χ2v) is 6.11. The summed E-state index contributed by atoms with van der Waals surface area (Å²) in [5.74, 6) is 2.46. The number of hydrogen-bond acceptors (Lipinski definition) is 6. The van der Waals surface area contributed by atoms with Crippen LogP contribution in [0.1, 0.15) is 29.6 Å². The van der Waals surface area contributed by atoms with Gasteiger partial charge in [-0.1, -0.05) is 0 Å². The van der Waals surface area contributed by atoms with E-state index < -0.39 is 6.04 Å². The van der Waals surface area contributed by atoms with Gasteiger partial charge in [0.1, 0.15) is 17.3 Å². The second-order valence-electron chi connectivity index (χ2n) is 6.11. The number of hydrogen-bond donors (Lipinski definition) is 3. The maximum atomic E-state index is 12.2. The smallest absolute Gasteiger partial charge is 0.237 e. The first kappa shape index (κ1) is 17.2. The third-order valence-corrected chi connectivity index (χ3v) is 4.06. The van der Waals surface area contributed by atoms with Crippen LogP contribution in [-0.2, 0) is 22.7 Å². The van der Waals surface area contributed by atoms with Crippen LogP contribution in [0.3, 0.4) is 0 Å². The molecule has 134 valence electrons. The van der Waals surface area contributed by atoms with Gasteiger partial charge in [-0.3, -0.25) is 19.6 Å². The average Bonchev–Trinajstić information content (AvgIpc) is 3.17.